The zero-order valence-corrected chi connectivity index (χ0v) is 17.4. The fourth-order valence-electron chi connectivity index (χ4n) is 3.36. The second-order valence-electron chi connectivity index (χ2n) is 6.71. The number of nitrogens with one attached hydrogen (secondary N) is 1. The summed E-state index contributed by atoms with van der Waals surface area (Å²) in [6.07, 6.45) is 3.54. The molecule has 0 unspecified atom stereocenters. The van der Waals surface area contributed by atoms with Gasteiger partial charge in [0.05, 0.1) is 22.9 Å². The van der Waals surface area contributed by atoms with Gasteiger partial charge in [-0.15, -0.1) is 0 Å². The van der Waals surface area contributed by atoms with Gasteiger partial charge < -0.3 is 0 Å². The molecule has 0 aliphatic rings. The van der Waals surface area contributed by atoms with Crippen LogP contribution >= 0.6 is 15.9 Å². The number of rotatable bonds is 4. The van der Waals surface area contributed by atoms with Crippen molar-refractivity contribution in [2.24, 2.45) is 5.10 Å². The van der Waals surface area contributed by atoms with Crippen LogP contribution in [0.2, 0.25) is 0 Å². The van der Waals surface area contributed by atoms with Crippen LogP contribution in [-0.2, 0) is 0 Å². The van der Waals surface area contributed by atoms with Crippen LogP contribution in [0.1, 0.15) is 5.56 Å². The van der Waals surface area contributed by atoms with Crippen LogP contribution < -0.4 is 5.43 Å². The predicted octanol–water partition coefficient (Wildman–Crippen LogP) is 6.05. The SMILES string of the molecule is Brc1ccc2nc(N/N=C\c3ccnc4ccccc34)nc(-c3ccccc3)c2c1. The molecular formula is C24H16BrN5. The first kappa shape index (κ1) is 18.4. The Morgan fingerprint density at radius 2 is 1.63 bits per heavy atom. The smallest absolute Gasteiger partial charge is 0.244 e. The Morgan fingerprint density at radius 1 is 0.800 bits per heavy atom. The van der Waals surface area contributed by atoms with Crippen molar-refractivity contribution in [1.82, 2.24) is 15.0 Å². The highest BCUT2D eigenvalue weighted by Gasteiger charge is 2.10. The summed E-state index contributed by atoms with van der Waals surface area (Å²) in [5.41, 5.74) is 7.62. The van der Waals surface area contributed by atoms with Crippen LogP contribution in [0, 0.1) is 0 Å². The largest absolute Gasteiger partial charge is 0.256 e. The van der Waals surface area contributed by atoms with Gasteiger partial charge in [-0.05, 0) is 30.3 Å². The summed E-state index contributed by atoms with van der Waals surface area (Å²) in [6, 6.07) is 26.0. The fourth-order valence-corrected chi connectivity index (χ4v) is 3.72. The lowest BCUT2D eigenvalue weighted by Crippen LogP contribution is -2.00. The quantitative estimate of drug-likeness (QED) is 0.265. The topological polar surface area (TPSA) is 63.1 Å². The van der Waals surface area contributed by atoms with E-state index in [2.05, 4.69) is 36.4 Å². The summed E-state index contributed by atoms with van der Waals surface area (Å²) in [6.45, 7) is 0. The summed E-state index contributed by atoms with van der Waals surface area (Å²) in [7, 11) is 0. The molecule has 2 heterocycles. The molecule has 0 saturated heterocycles. The van der Waals surface area contributed by atoms with Gasteiger partial charge in [-0.1, -0.05) is 64.5 Å². The van der Waals surface area contributed by atoms with E-state index in [4.69, 9.17) is 4.98 Å². The molecule has 0 radical (unpaired) electrons. The molecule has 0 spiro atoms. The van der Waals surface area contributed by atoms with Crippen LogP contribution in [0.15, 0.2) is 94.6 Å². The van der Waals surface area contributed by atoms with E-state index in [-0.39, 0.29) is 0 Å². The van der Waals surface area contributed by atoms with Crippen LogP contribution in [0.25, 0.3) is 33.1 Å². The van der Waals surface area contributed by atoms with Crippen LogP contribution in [0.4, 0.5) is 5.95 Å². The first-order valence-corrected chi connectivity index (χ1v) is 10.2. The molecule has 30 heavy (non-hydrogen) atoms. The van der Waals surface area contributed by atoms with E-state index in [0.29, 0.717) is 5.95 Å². The third-order valence-corrected chi connectivity index (χ3v) is 5.25. The van der Waals surface area contributed by atoms with E-state index < -0.39 is 0 Å². The summed E-state index contributed by atoms with van der Waals surface area (Å²) >= 11 is 3.55. The predicted molar refractivity (Wildman–Crippen MR) is 126 cm³/mol. The van der Waals surface area contributed by atoms with E-state index in [1.165, 1.54) is 0 Å². The first-order chi connectivity index (χ1) is 14.8. The number of pyridine rings is 1. The Morgan fingerprint density at radius 3 is 2.53 bits per heavy atom. The monoisotopic (exact) mass is 453 g/mol. The molecule has 144 valence electrons. The maximum absolute atomic E-state index is 4.74. The van der Waals surface area contributed by atoms with Gasteiger partial charge in [-0.3, -0.25) is 4.98 Å². The standard InChI is InChI=1S/C24H16BrN5/c25-18-10-11-22-20(14-18)23(16-6-2-1-3-7-16)29-24(28-22)30-27-15-17-12-13-26-21-9-5-4-8-19(17)21/h1-15H,(H,28,29,30)/b27-15-. The maximum atomic E-state index is 4.74. The Balaban J connectivity index is 1.53. The molecule has 1 N–H and O–H groups in total. The average Bonchev–Trinajstić information content (AvgIpc) is 2.79. The number of aromatic nitrogens is 3. The Hall–Kier alpha value is -3.64. The number of fused-ring (bicyclic) bond motifs is 2. The Kier molecular flexibility index (Phi) is 4.91. The highest BCUT2D eigenvalue weighted by molar-refractivity contribution is 9.10. The summed E-state index contributed by atoms with van der Waals surface area (Å²) < 4.78 is 0.985. The molecular weight excluding hydrogens is 438 g/mol. The lowest BCUT2D eigenvalue weighted by molar-refractivity contribution is 1.16. The number of para-hydroxylation sites is 1. The van der Waals surface area contributed by atoms with Gasteiger partial charge in [-0.2, -0.15) is 5.10 Å². The van der Waals surface area contributed by atoms with Gasteiger partial charge in [0.15, 0.2) is 0 Å². The minimum Gasteiger partial charge on any atom is -0.256 e. The van der Waals surface area contributed by atoms with E-state index >= 15 is 0 Å². The molecule has 0 fully saturated rings. The van der Waals surface area contributed by atoms with Crippen molar-refractivity contribution in [2.45, 2.75) is 0 Å². The molecule has 5 rings (SSSR count). The van der Waals surface area contributed by atoms with Gasteiger partial charge >= 0.3 is 0 Å². The molecule has 5 nitrogen and oxygen atoms in total. The lowest BCUT2D eigenvalue weighted by atomic mass is 10.1. The highest BCUT2D eigenvalue weighted by atomic mass is 79.9. The van der Waals surface area contributed by atoms with Crippen LogP contribution in [0.3, 0.4) is 0 Å². The molecule has 0 amide bonds. The molecule has 0 atom stereocenters. The Labute approximate surface area is 181 Å². The zero-order valence-electron chi connectivity index (χ0n) is 15.8. The zero-order chi connectivity index (χ0) is 20.3. The van der Waals surface area contributed by atoms with Gasteiger partial charge in [0.1, 0.15) is 0 Å². The second-order valence-corrected chi connectivity index (χ2v) is 7.63. The van der Waals surface area contributed by atoms with Gasteiger partial charge in [0.2, 0.25) is 5.95 Å². The summed E-state index contributed by atoms with van der Waals surface area (Å²) in [5.74, 6) is 0.443. The van der Waals surface area contributed by atoms with Gasteiger partial charge in [-0.25, -0.2) is 15.4 Å². The number of halogens is 1. The van der Waals surface area contributed by atoms with Crippen molar-refractivity contribution in [3.8, 4) is 11.3 Å². The summed E-state index contributed by atoms with van der Waals surface area (Å²) in [5, 5.41) is 6.40. The molecule has 0 aliphatic heterocycles. The van der Waals surface area contributed by atoms with Crippen molar-refractivity contribution in [1.29, 1.82) is 0 Å². The molecule has 0 saturated carbocycles. The van der Waals surface area contributed by atoms with E-state index in [1.807, 2.05) is 78.9 Å². The minimum absolute atomic E-state index is 0.443. The summed E-state index contributed by atoms with van der Waals surface area (Å²) in [4.78, 5) is 13.7. The molecule has 3 aromatic carbocycles. The number of hydrogen-bond donors (Lipinski definition) is 1. The molecule has 6 heteroatoms. The average molecular weight is 454 g/mol. The number of nitrogens with zero attached hydrogens (tertiary/aromatic N) is 4. The molecule has 2 aromatic heterocycles. The van der Waals surface area contributed by atoms with Crippen molar-refractivity contribution in [3.05, 3.63) is 95.1 Å². The third-order valence-electron chi connectivity index (χ3n) is 4.76. The number of hydrazone groups is 1. The Bertz CT molecular complexity index is 1380. The van der Waals surface area contributed by atoms with E-state index in [1.54, 1.807) is 12.4 Å². The minimum atomic E-state index is 0.443. The second kappa shape index (κ2) is 8.00. The number of anilines is 1. The fraction of sp³-hybridized carbons (Fsp3) is 0. The van der Waals surface area contributed by atoms with E-state index in [0.717, 1.165) is 43.1 Å². The van der Waals surface area contributed by atoms with Crippen molar-refractivity contribution >= 4 is 49.9 Å². The molecule has 0 bridgehead atoms. The van der Waals surface area contributed by atoms with Crippen molar-refractivity contribution < 1.29 is 0 Å². The van der Waals surface area contributed by atoms with E-state index in [9.17, 15) is 0 Å². The third kappa shape index (κ3) is 3.65. The van der Waals surface area contributed by atoms with Crippen molar-refractivity contribution in [3.63, 3.8) is 0 Å². The molecule has 0 aliphatic carbocycles. The number of benzene rings is 3. The molecule has 5 aromatic rings. The lowest BCUT2D eigenvalue weighted by Gasteiger charge is -2.09. The van der Waals surface area contributed by atoms with Gasteiger partial charge in [0, 0.05) is 32.6 Å². The highest BCUT2D eigenvalue weighted by Crippen LogP contribution is 2.29. The van der Waals surface area contributed by atoms with Crippen molar-refractivity contribution in [2.75, 3.05) is 5.43 Å². The van der Waals surface area contributed by atoms with Crippen LogP contribution in [0.5, 0.6) is 0 Å². The number of hydrogen-bond acceptors (Lipinski definition) is 5. The van der Waals surface area contributed by atoms with Crippen LogP contribution in [-0.4, -0.2) is 21.2 Å². The van der Waals surface area contributed by atoms with Gasteiger partial charge in [0.25, 0.3) is 0 Å². The normalized spacial score (nSPS) is 11.4. The maximum Gasteiger partial charge on any atom is 0.244 e. The first-order valence-electron chi connectivity index (χ1n) is 9.43.